The summed E-state index contributed by atoms with van der Waals surface area (Å²) in [5, 5.41) is 9.24. The molecule has 0 radical (unpaired) electrons. The van der Waals surface area contributed by atoms with Gasteiger partial charge in [0, 0.05) is 0 Å². The molecule has 5 heteroatoms. The molecule has 2 aliphatic rings. The number of aliphatic imine (C=N–C) groups is 1. The Hall–Kier alpha value is -2.69. The largest absolute Gasteiger partial charge is 0.508 e. The molecule has 1 aromatic carbocycles. The molecule has 0 spiro atoms. The lowest BCUT2D eigenvalue weighted by atomic mass is 9.95. The molecule has 1 aliphatic heterocycles. The Balaban J connectivity index is 2.03. The maximum absolute atomic E-state index is 12.3. The van der Waals surface area contributed by atoms with Gasteiger partial charge in [0.25, 0.3) is 0 Å². The van der Waals surface area contributed by atoms with Crippen LogP contribution in [0.4, 0.5) is 10.5 Å². The second kappa shape index (κ2) is 4.20. The van der Waals surface area contributed by atoms with Gasteiger partial charge in [0.1, 0.15) is 5.75 Å². The summed E-state index contributed by atoms with van der Waals surface area (Å²) in [6.45, 7) is 0. The van der Waals surface area contributed by atoms with Crippen molar-refractivity contribution in [1.29, 1.82) is 0 Å². The summed E-state index contributed by atoms with van der Waals surface area (Å²) >= 11 is 0. The number of amides is 3. The summed E-state index contributed by atoms with van der Waals surface area (Å²) in [6, 6.07) is 5.25. The molecule has 94 valence electrons. The highest BCUT2D eigenvalue weighted by atomic mass is 16.3. The Kier molecular flexibility index (Phi) is 2.52. The third-order valence-electron chi connectivity index (χ3n) is 3.01. The van der Waals surface area contributed by atoms with E-state index in [0.717, 1.165) is 4.90 Å². The van der Waals surface area contributed by atoms with Crippen molar-refractivity contribution in [3.8, 4) is 5.75 Å². The SMILES string of the molecule is O=C1N=C2C=CC=CC2C(=O)N1c1ccc(O)cc1. The highest BCUT2D eigenvalue weighted by Gasteiger charge is 2.36. The lowest BCUT2D eigenvalue weighted by Gasteiger charge is -2.28. The number of anilines is 1. The number of benzene rings is 1. The van der Waals surface area contributed by atoms with E-state index in [0.29, 0.717) is 11.4 Å². The van der Waals surface area contributed by atoms with E-state index in [1.54, 1.807) is 24.3 Å². The number of phenols is 1. The van der Waals surface area contributed by atoms with Gasteiger partial charge in [-0.15, -0.1) is 0 Å². The first-order valence-electron chi connectivity index (χ1n) is 5.77. The van der Waals surface area contributed by atoms with Crippen LogP contribution in [-0.2, 0) is 4.79 Å². The maximum atomic E-state index is 12.3. The van der Waals surface area contributed by atoms with Gasteiger partial charge in [-0.25, -0.2) is 9.69 Å². The number of aromatic hydroxyl groups is 1. The normalized spacial score (nSPS) is 21.4. The van der Waals surface area contributed by atoms with Crippen LogP contribution in [0.25, 0.3) is 0 Å². The monoisotopic (exact) mass is 254 g/mol. The fraction of sp³-hybridized carbons (Fsp3) is 0.0714. The highest BCUT2D eigenvalue weighted by Crippen LogP contribution is 2.26. The van der Waals surface area contributed by atoms with Crippen molar-refractivity contribution in [3.63, 3.8) is 0 Å². The Morgan fingerprint density at radius 1 is 1.11 bits per heavy atom. The molecule has 3 rings (SSSR count). The van der Waals surface area contributed by atoms with Gasteiger partial charge in [-0.05, 0) is 30.3 Å². The van der Waals surface area contributed by atoms with E-state index in [-0.39, 0.29) is 11.7 Å². The van der Waals surface area contributed by atoms with Crippen molar-refractivity contribution in [2.45, 2.75) is 0 Å². The third-order valence-corrected chi connectivity index (χ3v) is 3.01. The minimum absolute atomic E-state index is 0.0744. The predicted molar refractivity (Wildman–Crippen MR) is 70.2 cm³/mol. The summed E-state index contributed by atoms with van der Waals surface area (Å²) in [6.07, 6.45) is 6.87. The third kappa shape index (κ3) is 1.85. The van der Waals surface area contributed by atoms with Crippen LogP contribution in [-0.4, -0.2) is 22.8 Å². The van der Waals surface area contributed by atoms with E-state index in [2.05, 4.69) is 4.99 Å². The Labute approximate surface area is 109 Å². The molecule has 1 N–H and O–H groups in total. The molecule has 1 heterocycles. The van der Waals surface area contributed by atoms with Crippen molar-refractivity contribution in [1.82, 2.24) is 0 Å². The molecule has 0 saturated carbocycles. The van der Waals surface area contributed by atoms with E-state index in [4.69, 9.17) is 0 Å². The van der Waals surface area contributed by atoms with Gasteiger partial charge in [-0.2, -0.15) is 4.99 Å². The number of carbonyl (C=O) groups excluding carboxylic acids is 2. The summed E-state index contributed by atoms with van der Waals surface area (Å²) in [4.78, 5) is 29.2. The van der Waals surface area contributed by atoms with Crippen LogP contribution in [0.3, 0.4) is 0 Å². The number of allylic oxidation sites excluding steroid dienone is 3. The molecule has 0 aromatic heterocycles. The Morgan fingerprint density at radius 3 is 2.58 bits per heavy atom. The number of hydrogen-bond acceptors (Lipinski definition) is 3. The van der Waals surface area contributed by atoms with Crippen molar-refractivity contribution in [2.75, 3.05) is 4.90 Å². The fourth-order valence-electron chi connectivity index (χ4n) is 2.08. The van der Waals surface area contributed by atoms with Gasteiger partial charge in [-0.3, -0.25) is 4.79 Å². The van der Waals surface area contributed by atoms with Crippen molar-refractivity contribution in [3.05, 3.63) is 48.6 Å². The summed E-state index contributed by atoms with van der Waals surface area (Å²) in [7, 11) is 0. The molecule has 19 heavy (non-hydrogen) atoms. The molecular weight excluding hydrogens is 244 g/mol. The zero-order chi connectivity index (χ0) is 13.4. The molecule has 1 atom stereocenters. The van der Waals surface area contributed by atoms with E-state index >= 15 is 0 Å². The van der Waals surface area contributed by atoms with Gasteiger partial charge >= 0.3 is 6.03 Å². The fourth-order valence-corrected chi connectivity index (χ4v) is 2.08. The van der Waals surface area contributed by atoms with E-state index < -0.39 is 11.9 Å². The number of nitrogens with zero attached hydrogens (tertiary/aromatic N) is 2. The van der Waals surface area contributed by atoms with E-state index in [1.807, 2.05) is 0 Å². The highest BCUT2D eigenvalue weighted by molar-refractivity contribution is 6.30. The lowest BCUT2D eigenvalue weighted by molar-refractivity contribution is -0.118. The zero-order valence-corrected chi connectivity index (χ0v) is 9.85. The smallest absolute Gasteiger partial charge is 0.355 e. The van der Waals surface area contributed by atoms with Crippen LogP contribution in [0, 0.1) is 5.92 Å². The average Bonchev–Trinajstić information content (AvgIpc) is 2.41. The standard InChI is InChI=1S/C14H10N2O3/c17-10-7-5-9(6-8-10)16-13(18)11-3-1-2-4-12(11)15-14(16)19/h1-8,11,17H. The zero-order valence-electron chi connectivity index (χ0n) is 9.85. The molecule has 1 unspecified atom stereocenters. The topological polar surface area (TPSA) is 70.0 Å². The first kappa shape index (κ1) is 11.4. The maximum Gasteiger partial charge on any atom is 0.355 e. The average molecular weight is 254 g/mol. The number of rotatable bonds is 1. The summed E-state index contributed by atoms with van der Waals surface area (Å²) < 4.78 is 0. The molecule has 0 saturated heterocycles. The van der Waals surface area contributed by atoms with Gasteiger partial charge in [0.15, 0.2) is 0 Å². The minimum atomic E-state index is -0.609. The number of imide groups is 1. The van der Waals surface area contributed by atoms with Gasteiger partial charge < -0.3 is 5.11 Å². The van der Waals surface area contributed by atoms with Gasteiger partial charge in [0.05, 0.1) is 17.3 Å². The number of phenolic OH excluding ortho intramolecular Hbond substituents is 1. The Bertz CT molecular complexity index is 641. The first-order valence-corrected chi connectivity index (χ1v) is 5.77. The molecule has 1 aromatic rings. The predicted octanol–water partition coefficient (Wildman–Crippen LogP) is 2.04. The van der Waals surface area contributed by atoms with Crippen LogP contribution in [0.5, 0.6) is 5.75 Å². The van der Waals surface area contributed by atoms with Gasteiger partial charge in [0.2, 0.25) is 5.91 Å². The van der Waals surface area contributed by atoms with Crippen molar-refractivity contribution < 1.29 is 14.7 Å². The molecule has 0 bridgehead atoms. The van der Waals surface area contributed by atoms with Crippen LogP contribution in [0.1, 0.15) is 0 Å². The molecule has 0 fully saturated rings. The summed E-state index contributed by atoms with van der Waals surface area (Å²) in [5.74, 6) is -0.775. The van der Waals surface area contributed by atoms with Crippen LogP contribution >= 0.6 is 0 Å². The first-order chi connectivity index (χ1) is 9.16. The molecule has 3 amide bonds. The molecular formula is C14H10N2O3. The van der Waals surface area contributed by atoms with Crippen LogP contribution < -0.4 is 4.90 Å². The second-order valence-corrected chi connectivity index (χ2v) is 4.23. The van der Waals surface area contributed by atoms with E-state index in [9.17, 15) is 14.7 Å². The number of fused-ring (bicyclic) bond motifs is 1. The lowest BCUT2D eigenvalue weighted by Crippen LogP contribution is -2.46. The van der Waals surface area contributed by atoms with Crippen LogP contribution in [0.15, 0.2) is 53.6 Å². The molecule has 5 nitrogen and oxygen atoms in total. The van der Waals surface area contributed by atoms with Crippen LogP contribution in [0.2, 0.25) is 0 Å². The van der Waals surface area contributed by atoms with Crippen molar-refractivity contribution >= 4 is 23.3 Å². The number of hydrogen-bond donors (Lipinski definition) is 1. The van der Waals surface area contributed by atoms with Gasteiger partial charge in [-0.1, -0.05) is 18.2 Å². The van der Waals surface area contributed by atoms with E-state index in [1.165, 1.54) is 24.3 Å². The Morgan fingerprint density at radius 2 is 1.84 bits per heavy atom. The second-order valence-electron chi connectivity index (χ2n) is 4.23. The van der Waals surface area contributed by atoms with Crippen molar-refractivity contribution in [2.24, 2.45) is 10.9 Å². The summed E-state index contributed by atoms with van der Waals surface area (Å²) in [5.41, 5.74) is 0.867. The minimum Gasteiger partial charge on any atom is -0.508 e. The number of carbonyl (C=O) groups is 2. The quantitative estimate of drug-likeness (QED) is 0.833. The molecule has 1 aliphatic carbocycles. The number of urea groups is 1.